The number of thiocarbonyl (C=S) groups is 1. The molecule has 0 aliphatic rings. The number of carbonyl (C=O) groups is 1. The highest BCUT2D eigenvalue weighted by Crippen LogP contribution is 2.13. The first-order valence-electron chi connectivity index (χ1n) is 4.13. The lowest BCUT2D eigenvalue weighted by Gasteiger charge is -2.22. The summed E-state index contributed by atoms with van der Waals surface area (Å²) in [6.45, 7) is 1.31. The lowest BCUT2D eigenvalue weighted by molar-refractivity contribution is -0.118. The average Bonchev–Trinajstić information content (AvgIpc) is 2.13. The van der Waals surface area contributed by atoms with Crippen LogP contribution in [0.2, 0.25) is 0 Å². The van der Waals surface area contributed by atoms with Gasteiger partial charge in [0, 0.05) is 6.92 Å². The van der Waals surface area contributed by atoms with Gasteiger partial charge in [0.05, 0.1) is 5.69 Å². The van der Waals surface area contributed by atoms with Crippen LogP contribution < -0.4 is 16.2 Å². The SMILES string of the molecule is CC(=O)NN(C(N)=S)c1cccc(F)c1. The van der Waals surface area contributed by atoms with Crippen molar-refractivity contribution in [1.82, 2.24) is 5.43 Å². The summed E-state index contributed by atoms with van der Waals surface area (Å²) in [5, 5.41) is 1.08. The van der Waals surface area contributed by atoms with Crippen LogP contribution in [0.1, 0.15) is 6.92 Å². The molecular formula is C9H10FN3OS. The number of halogens is 1. The van der Waals surface area contributed by atoms with Crippen molar-refractivity contribution in [2.45, 2.75) is 6.92 Å². The first-order chi connectivity index (χ1) is 7.00. The van der Waals surface area contributed by atoms with Crippen LogP contribution in [-0.4, -0.2) is 11.0 Å². The Labute approximate surface area is 91.8 Å². The topological polar surface area (TPSA) is 58.4 Å². The van der Waals surface area contributed by atoms with Crippen LogP contribution in [0, 0.1) is 5.82 Å². The fourth-order valence-electron chi connectivity index (χ4n) is 1.02. The van der Waals surface area contributed by atoms with E-state index in [2.05, 4.69) is 5.43 Å². The Hall–Kier alpha value is -1.69. The molecule has 0 fully saturated rings. The number of rotatable bonds is 1. The minimum atomic E-state index is -0.431. The molecule has 1 aromatic carbocycles. The van der Waals surface area contributed by atoms with Crippen molar-refractivity contribution in [3.8, 4) is 0 Å². The van der Waals surface area contributed by atoms with Gasteiger partial charge in [0.1, 0.15) is 5.82 Å². The normalized spacial score (nSPS) is 9.47. The fraction of sp³-hybridized carbons (Fsp3) is 0.111. The Morgan fingerprint density at radius 1 is 1.60 bits per heavy atom. The van der Waals surface area contributed by atoms with Gasteiger partial charge in [-0.05, 0) is 30.4 Å². The van der Waals surface area contributed by atoms with Crippen molar-refractivity contribution in [1.29, 1.82) is 0 Å². The molecule has 0 saturated heterocycles. The second-order valence-electron chi connectivity index (χ2n) is 2.82. The van der Waals surface area contributed by atoms with Gasteiger partial charge >= 0.3 is 0 Å². The Kier molecular flexibility index (Phi) is 3.56. The van der Waals surface area contributed by atoms with Crippen molar-refractivity contribution < 1.29 is 9.18 Å². The monoisotopic (exact) mass is 227 g/mol. The molecule has 0 spiro atoms. The second-order valence-corrected chi connectivity index (χ2v) is 3.24. The molecule has 0 aromatic heterocycles. The highest BCUT2D eigenvalue weighted by molar-refractivity contribution is 7.80. The largest absolute Gasteiger partial charge is 0.374 e. The zero-order valence-corrected chi connectivity index (χ0v) is 8.84. The predicted molar refractivity (Wildman–Crippen MR) is 59.5 cm³/mol. The number of hydrazine groups is 1. The summed E-state index contributed by atoms with van der Waals surface area (Å²) in [5.74, 6) is -0.772. The van der Waals surface area contributed by atoms with Gasteiger partial charge in [-0.2, -0.15) is 0 Å². The van der Waals surface area contributed by atoms with Crippen molar-refractivity contribution in [2.75, 3.05) is 5.01 Å². The third-order valence-electron chi connectivity index (χ3n) is 1.56. The minimum Gasteiger partial charge on any atom is -0.374 e. The number of benzene rings is 1. The highest BCUT2D eigenvalue weighted by atomic mass is 32.1. The van der Waals surface area contributed by atoms with Crippen molar-refractivity contribution in [2.24, 2.45) is 5.73 Å². The third kappa shape index (κ3) is 3.17. The summed E-state index contributed by atoms with van der Waals surface area (Å²) in [5.41, 5.74) is 8.14. The van der Waals surface area contributed by atoms with E-state index in [0.717, 1.165) is 5.01 Å². The number of carbonyl (C=O) groups excluding carboxylic acids is 1. The maximum atomic E-state index is 12.9. The lowest BCUT2D eigenvalue weighted by Crippen LogP contribution is -2.48. The summed E-state index contributed by atoms with van der Waals surface area (Å²) in [6.07, 6.45) is 0. The number of anilines is 1. The second kappa shape index (κ2) is 4.70. The number of nitrogens with one attached hydrogen (secondary N) is 1. The van der Waals surface area contributed by atoms with E-state index >= 15 is 0 Å². The summed E-state index contributed by atoms with van der Waals surface area (Å²) in [7, 11) is 0. The van der Waals surface area contributed by atoms with Gasteiger partial charge < -0.3 is 5.73 Å². The minimum absolute atomic E-state index is 0.0594. The number of nitrogens with zero attached hydrogens (tertiary/aromatic N) is 1. The van der Waals surface area contributed by atoms with Crippen LogP contribution >= 0.6 is 12.2 Å². The molecule has 0 atom stereocenters. The van der Waals surface area contributed by atoms with E-state index in [1.54, 1.807) is 6.07 Å². The van der Waals surface area contributed by atoms with Crippen molar-refractivity contribution in [3.05, 3.63) is 30.1 Å². The molecule has 0 aliphatic heterocycles. The molecule has 0 radical (unpaired) electrons. The van der Waals surface area contributed by atoms with Gasteiger partial charge in [-0.1, -0.05) is 6.07 Å². The van der Waals surface area contributed by atoms with Crippen molar-refractivity contribution >= 4 is 28.9 Å². The molecular weight excluding hydrogens is 217 g/mol. The molecule has 1 amide bonds. The average molecular weight is 227 g/mol. The molecule has 0 bridgehead atoms. The molecule has 15 heavy (non-hydrogen) atoms. The van der Waals surface area contributed by atoms with E-state index in [1.165, 1.54) is 25.1 Å². The zero-order chi connectivity index (χ0) is 11.4. The molecule has 0 saturated carbocycles. The smallest absolute Gasteiger partial charge is 0.235 e. The predicted octanol–water partition coefficient (Wildman–Crippen LogP) is 0.927. The van der Waals surface area contributed by atoms with Gasteiger partial charge in [-0.25, -0.2) is 9.40 Å². The third-order valence-corrected chi connectivity index (χ3v) is 1.74. The molecule has 0 heterocycles. The van der Waals surface area contributed by atoms with Crippen LogP contribution in [0.5, 0.6) is 0 Å². The number of amides is 1. The number of hydrogen-bond donors (Lipinski definition) is 2. The van der Waals surface area contributed by atoms with E-state index < -0.39 is 5.82 Å². The molecule has 3 N–H and O–H groups in total. The summed E-state index contributed by atoms with van der Waals surface area (Å²) in [6, 6.07) is 5.58. The first-order valence-corrected chi connectivity index (χ1v) is 4.54. The van der Waals surface area contributed by atoms with E-state index in [0.29, 0.717) is 5.69 Å². The van der Waals surface area contributed by atoms with Gasteiger partial charge in [-0.15, -0.1) is 0 Å². The Morgan fingerprint density at radius 3 is 2.73 bits per heavy atom. The van der Waals surface area contributed by atoms with Crippen LogP contribution in [0.4, 0.5) is 10.1 Å². The standard InChI is InChI=1S/C9H10FN3OS/c1-6(14)12-13(9(11)15)8-4-2-3-7(10)5-8/h2-5H,1H3,(H2,11,15)(H,12,14). The lowest BCUT2D eigenvalue weighted by atomic mass is 10.3. The van der Waals surface area contributed by atoms with Gasteiger partial charge in [0.2, 0.25) is 5.91 Å². The number of nitrogens with two attached hydrogens (primary N) is 1. The molecule has 1 aromatic rings. The molecule has 6 heteroatoms. The van der Waals surface area contributed by atoms with Crippen LogP contribution in [0.15, 0.2) is 24.3 Å². The summed E-state index contributed by atoms with van der Waals surface area (Å²) >= 11 is 4.73. The maximum absolute atomic E-state index is 12.9. The molecule has 4 nitrogen and oxygen atoms in total. The Balaban J connectivity index is 2.98. The Morgan fingerprint density at radius 2 is 2.27 bits per heavy atom. The van der Waals surface area contributed by atoms with Crippen molar-refractivity contribution in [3.63, 3.8) is 0 Å². The van der Waals surface area contributed by atoms with E-state index in [4.69, 9.17) is 18.0 Å². The fourth-order valence-corrected chi connectivity index (χ4v) is 1.17. The van der Waals surface area contributed by atoms with Gasteiger partial charge in [0.15, 0.2) is 5.11 Å². The molecule has 80 valence electrons. The van der Waals surface area contributed by atoms with E-state index in [-0.39, 0.29) is 11.0 Å². The van der Waals surface area contributed by atoms with E-state index in [1.807, 2.05) is 0 Å². The van der Waals surface area contributed by atoms with E-state index in [9.17, 15) is 9.18 Å². The van der Waals surface area contributed by atoms with Crippen LogP contribution in [0.3, 0.4) is 0 Å². The highest BCUT2D eigenvalue weighted by Gasteiger charge is 2.10. The first kappa shape index (κ1) is 11.4. The Bertz CT molecular complexity index is 397. The number of hydrogen-bond acceptors (Lipinski definition) is 2. The van der Waals surface area contributed by atoms with Crippen LogP contribution in [-0.2, 0) is 4.79 Å². The summed E-state index contributed by atoms with van der Waals surface area (Å²) < 4.78 is 12.9. The van der Waals surface area contributed by atoms with Gasteiger partial charge in [-0.3, -0.25) is 10.2 Å². The maximum Gasteiger partial charge on any atom is 0.235 e. The summed E-state index contributed by atoms with van der Waals surface area (Å²) in [4.78, 5) is 10.9. The zero-order valence-electron chi connectivity index (χ0n) is 8.03. The van der Waals surface area contributed by atoms with Gasteiger partial charge in [0.25, 0.3) is 0 Å². The quantitative estimate of drug-likeness (QED) is 0.553. The molecule has 0 unspecified atom stereocenters. The van der Waals surface area contributed by atoms with Crippen LogP contribution in [0.25, 0.3) is 0 Å². The molecule has 1 rings (SSSR count). The molecule has 0 aliphatic carbocycles.